The summed E-state index contributed by atoms with van der Waals surface area (Å²) in [5.74, 6) is -0.901. The minimum absolute atomic E-state index is 0.00423. The molecule has 27 heavy (non-hydrogen) atoms. The number of carbonyl (C=O) groups is 1. The first-order valence-corrected chi connectivity index (χ1v) is 8.73. The van der Waals surface area contributed by atoms with Crippen molar-refractivity contribution in [2.24, 2.45) is 0 Å². The Morgan fingerprint density at radius 3 is 2.78 bits per heavy atom. The Kier molecular flexibility index (Phi) is 5.19. The fourth-order valence-corrected chi connectivity index (χ4v) is 3.20. The van der Waals surface area contributed by atoms with Crippen LogP contribution in [-0.4, -0.2) is 20.4 Å². The zero-order valence-electron chi connectivity index (χ0n) is 13.5. The molecule has 0 aliphatic rings. The van der Waals surface area contributed by atoms with E-state index < -0.39 is 22.1 Å². The van der Waals surface area contributed by atoms with Gasteiger partial charge in [-0.15, -0.1) is 11.3 Å². The number of nitrogens with zero attached hydrogens (tertiary/aromatic N) is 2. The lowest BCUT2D eigenvalue weighted by atomic mass is 10.2. The third-order valence-electron chi connectivity index (χ3n) is 3.60. The predicted octanol–water partition coefficient (Wildman–Crippen LogP) is 2.46. The van der Waals surface area contributed by atoms with Crippen molar-refractivity contribution in [1.29, 1.82) is 0 Å². The Bertz CT molecular complexity index is 1140. The molecule has 0 bridgehead atoms. The summed E-state index contributed by atoms with van der Waals surface area (Å²) in [5, 5.41) is 15.4. The highest BCUT2D eigenvalue weighted by molar-refractivity contribution is 7.09. The van der Waals surface area contributed by atoms with Crippen molar-refractivity contribution in [3.8, 4) is 0 Å². The summed E-state index contributed by atoms with van der Waals surface area (Å²) in [7, 11) is 0. The van der Waals surface area contributed by atoms with E-state index in [0.717, 1.165) is 21.7 Å². The van der Waals surface area contributed by atoms with Gasteiger partial charge >= 0.3 is 5.69 Å². The standard InChI is InChI=1S/C16H11ClN4O5S/c17-9-3-4-13(21(25)26)12(6-9)19-14(22)11-7-18-16(24)20(15(11)23)8-10-2-1-5-27-10/h1-7H,8H2,(H,18,24)(H,19,22). The first-order valence-electron chi connectivity index (χ1n) is 7.47. The summed E-state index contributed by atoms with van der Waals surface area (Å²) in [6.07, 6.45) is 0.974. The van der Waals surface area contributed by atoms with Gasteiger partial charge in [0.25, 0.3) is 17.2 Å². The molecule has 9 nitrogen and oxygen atoms in total. The number of aromatic nitrogens is 2. The second kappa shape index (κ2) is 7.56. The molecule has 1 aromatic carbocycles. The lowest BCUT2D eigenvalue weighted by Crippen LogP contribution is -2.39. The summed E-state index contributed by atoms with van der Waals surface area (Å²) in [4.78, 5) is 50.5. The van der Waals surface area contributed by atoms with Crippen molar-refractivity contribution in [3.05, 3.63) is 88.3 Å². The van der Waals surface area contributed by atoms with Crippen LogP contribution in [0.1, 0.15) is 15.2 Å². The predicted molar refractivity (Wildman–Crippen MR) is 101 cm³/mol. The van der Waals surface area contributed by atoms with E-state index in [0.29, 0.717) is 0 Å². The normalized spacial score (nSPS) is 10.6. The van der Waals surface area contributed by atoms with Crippen LogP contribution in [0.4, 0.5) is 11.4 Å². The second-order valence-corrected chi connectivity index (χ2v) is 6.82. The quantitative estimate of drug-likeness (QED) is 0.497. The third kappa shape index (κ3) is 3.96. The molecule has 2 aromatic heterocycles. The average Bonchev–Trinajstić information content (AvgIpc) is 3.11. The van der Waals surface area contributed by atoms with Crippen molar-refractivity contribution in [1.82, 2.24) is 9.55 Å². The van der Waals surface area contributed by atoms with Crippen LogP contribution in [-0.2, 0) is 6.54 Å². The molecule has 0 fully saturated rings. The van der Waals surface area contributed by atoms with E-state index in [1.807, 2.05) is 0 Å². The molecular weight excluding hydrogens is 396 g/mol. The molecule has 11 heteroatoms. The Morgan fingerprint density at radius 1 is 1.33 bits per heavy atom. The van der Waals surface area contributed by atoms with Crippen molar-refractivity contribution < 1.29 is 9.72 Å². The summed E-state index contributed by atoms with van der Waals surface area (Å²) >= 11 is 7.18. The lowest BCUT2D eigenvalue weighted by Gasteiger charge is -2.08. The van der Waals surface area contributed by atoms with E-state index >= 15 is 0 Å². The van der Waals surface area contributed by atoms with Crippen molar-refractivity contribution in [2.45, 2.75) is 6.54 Å². The molecule has 0 unspecified atom stereocenters. The molecule has 0 aliphatic carbocycles. The van der Waals surface area contributed by atoms with Gasteiger partial charge in [-0.25, -0.2) is 4.79 Å². The molecule has 0 saturated heterocycles. The van der Waals surface area contributed by atoms with Gasteiger partial charge in [0.15, 0.2) is 0 Å². The first kappa shape index (κ1) is 18.5. The van der Waals surface area contributed by atoms with Gasteiger partial charge in [-0.1, -0.05) is 17.7 Å². The molecule has 2 heterocycles. The van der Waals surface area contributed by atoms with Gasteiger partial charge in [-0.3, -0.25) is 24.3 Å². The molecular formula is C16H11ClN4O5S. The van der Waals surface area contributed by atoms with E-state index in [-0.39, 0.29) is 28.5 Å². The van der Waals surface area contributed by atoms with Gasteiger partial charge < -0.3 is 10.3 Å². The number of halogens is 1. The maximum Gasteiger partial charge on any atom is 0.328 e. The maximum absolute atomic E-state index is 12.6. The number of thiophene rings is 1. The first-order chi connectivity index (χ1) is 12.9. The largest absolute Gasteiger partial charge is 0.328 e. The Morgan fingerprint density at radius 2 is 2.11 bits per heavy atom. The highest BCUT2D eigenvalue weighted by Gasteiger charge is 2.20. The average molecular weight is 407 g/mol. The summed E-state index contributed by atoms with van der Waals surface area (Å²) in [6.45, 7) is 0.00423. The van der Waals surface area contributed by atoms with Crippen LogP contribution in [0.25, 0.3) is 0 Å². The van der Waals surface area contributed by atoms with Crippen molar-refractivity contribution >= 4 is 40.2 Å². The van der Waals surface area contributed by atoms with E-state index in [1.54, 1.807) is 17.5 Å². The van der Waals surface area contributed by atoms with Crippen LogP contribution >= 0.6 is 22.9 Å². The molecule has 0 radical (unpaired) electrons. The molecule has 2 N–H and O–H groups in total. The lowest BCUT2D eigenvalue weighted by molar-refractivity contribution is -0.383. The second-order valence-electron chi connectivity index (χ2n) is 5.35. The monoisotopic (exact) mass is 406 g/mol. The van der Waals surface area contributed by atoms with Gasteiger partial charge in [0, 0.05) is 22.2 Å². The van der Waals surface area contributed by atoms with Crippen LogP contribution in [0.3, 0.4) is 0 Å². The molecule has 0 atom stereocenters. The SMILES string of the molecule is O=C(Nc1cc(Cl)ccc1[N+](=O)[O-])c1c[nH]c(=O)n(Cc2cccs2)c1=O. The van der Waals surface area contributed by atoms with E-state index in [4.69, 9.17) is 11.6 Å². The van der Waals surface area contributed by atoms with Crippen LogP contribution in [0.15, 0.2) is 51.5 Å². The van der Waals surface area contributed by atoms with Crippen LogP contribution in [0, 0.1) is 10.1 Å². The fourth-order valence-electron chi connectivity index (χ4n) is 2.33. The van der Waals surface area contributed by atoms with Gasteiger partial charge in [0.05, 0.1) is 11.5 Å². The van der Waals surface area contributed by atoms with Gasteiger partial charge in [0.1, 0.15) is 11.3 Å². The van der Waals surface area contributed by atoms with Crippen molar-refractivity contribution in [2.75, 3.05) is 5.32 Å². The number of carbonyl (C=O) groups excluding carboxylic acids is 1. The number of amides is 1. The highest BCUT2D eigenvalue weighted by atomic mass is 35.5. The topological polar surface area (TPSA) is 127 Å². The summed E-state index contributed by atoms with van der Waals surface area (Å²) < 4.78 is 0.882. The van der Waals surface area contributed by atoms with Gasteiger partial charge in [0.2, 0.25) is 0 Å². The third-order valence-corrected chi connectivity index (χ3v) is 4.70. The van der Waals surface area contributed by atoms with E-state index in [1.165, 1.54) is 23.5 Å². The number of H-pyrrole nitrogens is 1. The number of benzene rings is 1. The zero-order valence-corrected chi connectivity index (χ0v) is 15.0. The van der Waals surface area contributed by atoms with E-state index in [9.17, 15) is 24.5 Å². The zero-order chi connectivity index (χ0) is 19.6. The molecule has 138 valence electrons. The smallest absolute Gasteiger partial charge is 0.316 e. The number of rotatable bonds is 5. The molecule has 3 aromatic rings. The minimum atomic E-state index is -0.901. The number of hydrogen-bond donors (Lipinski definition) is 2. The summed E-state index contributed by atoms with van der Waals surface area (Å²) in [5.41, 5.74) is -2.38. The van der Waals surface area contributed by atoms with Gasteiger partial charge in [-0.2, -0.15) is 0 Å². The number of nitro groups is 1. The number of hydrogen-bond acceptors (Lipinski definition) is 6. The molecule has 0 saturated carbocycles. The highest BCUT2D eigenvalue weighted by Crippen LogP contribution is 2.27. The Hall–Kier alpha value is -3.24. The number of anilines is 1. The number of nitrogens with one attached hydrogen (secondary N) is 2. The molecule has 1 amide bonds. The molecule has 3 rings (SSSR count). The summed E-state index contributed by atoms with van der Waals surface area (Å²) in [6, 6.07) is 7.17. The maximum atomic E-state index is 12.6. The molecule has 0 spiro atoms. The van der Waals surface area contributed by atoms with Crippen molar-refractivity contribution in [3.63, 3.8) is 0 Å². The van der Waals surface area contributed by atoms with E-state index in [2.05, 4.69) is 10.3 Å². The number of aromatic amines is 1. The Balaban J connectivity index is 1.97. The molecule has 0 aliphatic heterocycles. The number of nitro benzene ring substituents is 1. The Labute approximate surface area is 160 Å². The minimum Gasteiger partial charge on any atom is -0.316 e. The fraction of sp³-hybridized carbons (Fsp3) is 0.0625. The van der Waals surface area contributed by atoms with Crippen LogP contribution in [0.2, 0.25) is 5.02 Å². The van der Waals surface area contributed by atoms with Gasteiger partial charge in [-0.05, 0) is 23.6 Å². The van der Waals surface area contributed by atoms with Crippen LogP contribution in [0.5, 0.6) is 0 Å². The van der Waals surface area contributed by atoms with Crippen LogP contribution < -0.4 is 16.6 Å².